The minimum atomic E-state index is -0.490. The van der Waals surface area contributed by atoms with Crippen molar-refractivity contribution in [3.8, 4) is 0 Å². The molecular formula is C14H20ClFN2O. The van der Waals surface area contributed by atoms with Gasteiger partial charge in [0, 0.05) is 12.0 Å². The zero-order chi connectivity index (χ0) is 13.2. The van der Waals surface area contributed by atoms with Crippen molar-refractivity contribution in [1.82, 2.24) is 5.32 Å². The molecule has 3 N–H and O–H groups in total. The fourth-order valence-electron chi connectivity index (χ4n) is 2.39. The largest absolute Gasteiger partial charge is 0.354 e. The van der Waals surface area contributed by atoms with Crippen LogP contribution < -0.4 is 11.1 Å². The molecule has 19 heavy (non-hydrogen) atoms. The van der Waals surface area contributed by atoms with Gasteiger partial charge in [-0.05, 0) is 37.5 Å². The number of benzene rings is 1. The summed E-state index contributed by atoms with van der Waals surface area (Å²) < 4.78 is 12.9. The summed E-state index contributed by atoms with van der Waals surface area (Å²) >= 11 is 0. The maximum Gasteiger partial charge on any atom is 0.236 e. The van der Waals surface area contributed by atoms with Crippen LogP contribution in [0.25, 0.3) is 0 Å². The van der Waals surface area contributed by atoms with Crippen LogP contribution in [-0.4, -0.2) is 18.5 Å². The van der Waals surface area contributed by atoms with Gasteiger partial charge in [0.25, 0.3) is 0 Å². The summed E-state index contributed by atoms with van der Waals surface area (Å²) in [5, 5.41) is 2.88. The molecule has 1 fully saturated rings. The lowest BCUT2D eigenvalue weighted by molar-refractivity contribution is -0.122. The molecule has 1 amide bonds. The third kappa shape index (κ3) is 3.45. The first-order valence-corrected chi connectivity index (χ1v) is 6.33. The van der Waals surface area contributed by atoms with Crippen molar-refractivity contribution >= 4 is 18.3 Å². The molecule has 1 aliphatic rings. The van der Waals surface area contributed by atoms with E-state index in [4.69, 9.17) is 5.73 Å². The van der Waals surface area contributed by atoms with Crippen LogP contribution in [0.2, 0.25) is 0 Å². The summed E-state index contributed by atoms with van der Waals surface area (Å²) in [6, 6.07) is 6.08. The fraction of sp³-hybridized carbons (Fsp3) is 0.500. The zero-order valence-electron chi connectivity index (χ0n) is 11.0. The van der Waals surface area contributed by atoms with Crippen molar-refractivity contribution in [2.45, 2.75) is 37.6 Å². The first-order chi connectivity index (χ1) is 8.53. The van der Waals surface area contributed by atoms with E-state index in [2.05, 4.69) is 5.32 Å². The number of hydrogen-bond donors (Lipinski definition) is 2. The standard InChI is InChI=1S/C14H19FN2O.ClH/c1-10(16)13(18)17-9-14(7-2-8-14)11-3-5-12(15)6-4-11;/h3-6,10H,2,7-9,16H2,1H3,(H,17,18);1H/t10-;/m0./s1. The zero-order valence-corrected chi connectivity index (χ0v) is 11.8. The second-order valence-electron chi connectivity index (χ2n) is 5.15. The summed E-state index contributed by atoms with van der Waals surface area (Å²) in [7, 11) is 0. The maximum atomic E-state index is 12.9. The van der Waals surface area contributed by atoms with Gasteiger partial charge in [0.2, 0.25) is 5.91 Å². The van der Waals surface area contributed by atoms with Crippen LogP contribution in [0.3, 0.4) is 0 Å². The summed E-state index contributed by atoms with van der Waals surface area (Å²) in [5.74, 6) is -0.365. The van der Waals surface area contributed by atoms with Crippen molar-refractivity contribution in [2.24, 2.45) is 5.73 Å². The molecule has 0 bridgehead atoms. The molecule has 1 aliphatic carbocycles. The van der Waals surface area contributed by atoms with Gasteiger partial charge in [0.1, 0.15) is 5.82 Å². The summed E-state index contributed by atoms with van der Waals surface area (Å²) in [5.41, 5.74) is 6.59. The Kier molecular flexibility index (Phi) is 5.32. The van der Waals surface area contributed by atoms with Crippen LogP contribution >= 0.6 is 12.4 Å². The number of carbonyl (C=O) groups is 1. The number of amides is 1. The van der Waals surface area contributed by atoms with Gasteiger partial charge in [0.05, 0.1) is 6.04 Å². The van der Waals surface area contributed by atoms with Crippen LogP contribution in [-0.2, 0) is 10.2 Å². The molecule has 0 aliphatic heterocycles. The predicted molar refractivity (Wildman–Crippen MR) is 75.8 cm³/mol. The summed E-state index contributed by atoms with van der Waals surface area (Å²) in [6.07, 6.45) is 3.20. The Bertz CT molecular complexity index is 430. The molecule has 1 saturated carbocycles. The Morgan fingerprint density at radius 3 is 2.42 bits per heavy atom. The molecule has 0 saturated heterocycles. The Hall–Kier alpha value is -1.13. The second-order valence-corrected chi connectivity index (χ2v) is 5.15. The molecule has 0 aromatic heterocycles. The lowest BCUT2D eigenvalue weighted by Gasteiger charge is -2.42. The molecule has 0 unspecified atom stereocenters. The van der Waals surface area contributed by atoms with Gasteiger partial charge in [0.15, 0.2) is 0 Å². The first-order valence-electron chi connectivity index (χ1n) is 6.33. The number of nitrogens with two attached hydrogens (primary N) is 1. The van der Waals surface area contributed by atoms with E-state index < -0.39 is 6.04 Å². The number of carbonyl (C=O) groups excluding carboxylic acids is 1. The SMILES string of the molecule is C[C@H](N)C(=O)NCC1(c2ccc(F)cc2)CCC1.Cl. The molecule has 1 atom stereocenters. The minimum absolute atomic E-state index is 0. The highest BCUT2D eigenvalue weighted by Gasteiger charge is 2.38. The van der Waals surface area contributed by atoms with Gasteiger partial charge >= 0.3 is 0 Å². The fourth-order valence-corrected chi connectivity index (χ4v) is 2.39. The van der Waals surface area contributed by atoms with Crippen molar-refractivity contribution in [2.75, 3.05) is 6.54 Å². The smallest absolute Gasteiger partial charge is 0.236 e. The summed E-state index contributed by atoms with van der Waals surface area (Å²) in [4.78, 5) is 11.5. The van der Waals surface area contributed by atoms with E-state index in [-0.39, 0.29) is 29.5 Å². The molecule has 5 heteroatoms. The van der Waals surface area contributed by atoms with E-state index in [0.29, 0.717) is 6.54 Å². The van der Waals surface area contributed by atoms with Crippen molar-refractivity contribution in [1.29, 1.82) is 0 Å². The van der Waals surface area contributed by atoms with E-state index in [0.717, 1.165) is 24.8 Å². The van der Waals surface area contributed by atoms with Crippen molar-refractivity contribution in [3.05, 3.63) is 35.6 Å². The molecular weight excluding hydrogens is 267 g/mol. The van der Waals surface area contributed by atoms with Gasteiger partial charge < -0.3 is 11.1 Å². The third-order valence-corrected chi connectivity index (χ3v) is 3.78. The quantitative estimate of drug-likeness (QED) is 0.891. The van der Waals surface area contributed by atoms with Gasteiger partial charge in [-0.2, -0.15) is 0 Å². The number of nitrogens with one attached hydrogen (secondary N) is 1. The van der Waals surface area contributed by atoms with Crippen LogP contribution in [0.15, 0.2) is 24.3 Å². The third-order valence-electron chi connectivity index (χ3n) is 3.78. The van der Waals surface area contributed by atoms with E-state index >= 15 is 0 Å². The van der Waals surface area contributed by atoms with Crippen LogP contribution in [0.5, 0.6) is 0 Å². The molecule has 2 rings (SSSR count). The van der Waals surface area contributed by atoms with Crippen LogP contribution in [0, 0.1) is 5.82 Å². The van der Waals surface area contributed by atoms with Crippen molar-refractivity contribution < 1.29 is 9.18 Å². The number of rotatable bonds is 4. The molecule has 1 aromatic rings. The second kappa shape index (κ2) is 6.35. The Morgan fingerprint density at radius 2 is 2.00 bits per heavy atom. The van der Waals surface area contributed by atoms with Crippen molar-refractivity contribution in [3.63, 3.8) is 0 Å². The highest BCUT2D eigenvalue weighted by atomic mass is 35.5. The highest BCUT2D eigenvalue weighted by Crippen LogP contribution is 2.43. The average molecular weight is 287 g/mol. The van der Waals surface area contributed by atoms with Crippen LogP contribution in [0.1, 0.15) is 31.7 Å². The normalized spacial score (nSPS) is 17.8. The Morgan fingerprint density at radius 1 is 1.42 bits per heavy atom. The van der Waals surface area contributed by atoms with E-state index in [1.165, 1.54) is 12.1 Å². The van der Waals surface area contributed by atoms with Crippen LogP contribution in [0.4, 0.5) is 4.39 Å². The topological polar surface area (TPSA) is 55.1 Å². The number of halogens is 2. The van der Waals surface area contributed by atoms with E-state index in [1.54, 1.807) is 6.92 Å². The predicted octanol–water partition coefficient (Wildman–Crippen LogP) is 2.13. The molecule has 106 valence electrons. The molecule has 0 radical (unpaired) electrons. The summed E-state index contributed by atoms with van der Waals surface area (Å²) in [6.45, 7) is 2.25. The molecule has 1 aromatic carbocycles. The monoisotopic (exact) mass is 286 g/mol. The average Bonchev–Trinajstić information content (AvgIpc) is 2.29. The highest BCUT2D eigenvalue weighted by molar-refractivity contribution is 5.85. The lowest BCUT2D eigenvalue weighted by atomic mass is 9.64. The molecule has 3 nitrogen and oxygen atoms in total. The maximum absolute atomic E-state index is 12.9. The number of hydrogen-bond acceptors (Lipinski definition) is 2. The van der Waals surface area contributed by atoms with E-state index in [9.17, 15) is 9.18 Å². The van der Waals surface area contributed by atoms with E-state index in [1.807, 2.05) is 12.1 Å². The Balaban J connectivity index is 0.00000180. The molecule has 0 heterocycles. The lowest BCUT2D eigenvalue weighted by Crippen LogP contribution is -2.49. The Labute approximate surface area is 119 Å². The van der Waals surface area contributed by atoms with Gasteiger partial charge in [-0.3, -0.25) is 4.79 Å². The first kappa shape index (κ1) is 15.9. The van der Waals surface area contributed by atoms with Gasteiger partial charge in [-0.1, -0.05) is 18.6 Å². The minimum Gasteiger partial charge on any atom is -0.354 e. The molecule has 0 spiro atoms. The van der Waals surface area contributed by atoms with Gasteiger partial charge in [-0.15, -0.1) is 12.4 Å². The van der Waals surface area contributed by atoms with Gasteiger partial charge in [-0.25, -0.2) is 4.39 Å².